The molecule has 0 aliphatic heterocycles. The summed E-state index contributed by atoms with van der Waals surface area (Å²) in [6.07, 6.45) is 3.95. The molecule has 0 unspecified atom stereocenters. The maximum atomic E-state index is 4.31. The largest absolute Gasteiger partial charge is 0.308 e. The molecule has 0 spiro atoms. The van der Waals surface area contributed by atoms with Crippen molar-refractivity contribution >= 4 is 93.0 Å². The van der Waals surface area contributed by atoms with Gasteiger partial charge in [0, 0.05) is 26.7 Å². The maximum absolute atomic E-state index is 4.31. The average molecular weight is 706 g/mol. The normalized spacial score (nSPS) is 11.5. The molecule has 1 heterocycles. The lowest BCUT2D eigenvalue weighted by Crippen LogP contribution is -2.11. The number of para-hydroxylation sites is 1. The second-order valence-corrected chi connectivity index (χ2v) is 14.8. The number of thiophene rings is 1. The Balaban J connectivity index is 1.22. The van der Waals surface area contributed by atoms with Crippen LogP contribution in [0.4, 0.5) is 17.1 Å². The summed E-state index contributed by atoms with van der Waals surface area (Å²) < 4.78 is 2.54. The van der Waals surface area contributed by atoms with Crippen molar-refractivity contribution < 1.29 is 0 Å². The van der Waals surface area contributed by atoms with Gasteiger partial charge in [0.2, 0.25) is 0 Å². The van der Waals surface area contributed by atoms with Gasteiger partial charge in [-0.3, -0.25) is 0 Å². The first-order chi connectivity index (χ1) is 26.7. The van der Waals surface area contributed by atoms with Gasteiger partial charge in [0.05, 0.1) is 16.1 Å². The van der Waals surface area contributed by atoms with Gasteiger partial charge in [-0.2, -0.15) is 0 Å². The first kappa shape index (κ1) is 32.0. The Bertz CT molecular complexity index is 3090. The fraction of sp³-hybridized carbons (Fsp3) is 0. The van der Waals surface area contributed by atoms with E-state index in [1.807, 2.05) is 23.5 Å². The molecule has 1 nitrogen and oxygen atoms in total. The molecule has 2 heteroatoms. The number of anilines is 3. The van der Waals surface area contributed by atoms with E-state index < -0.39 is 0 Å². The van der Waals surface area contributed by atoms with E-state index in [1.54, 1.807) is 0 Å². The zero-order valence-corrected chi connectivity index (χ0v) is 30.5. The number of rotatable bonds is 7. The Morgan fingerprint density at radius 3 is 1.76 bits per heavy atom. The van der Waals surface area contributed by atoms with E-state index in [0.29, 0.717) is 0 Å². The van der Waals surface area contributed by atoms with Gasteiger partial charge in [-0.1, -0.05) is 159 Å². The van der Waals surface area contributed by atoms with E-state index in [-0.39, 0.29) is 0 Å². The lowest BCUT2D eigenvalue weighted by atomic mass is 9.89. The quantitative estimate of drug-likeness (QED) is 0.149. The SMILES string of the molecule is C=Cc1c(-c2ccccc2N(c2ccc(-c3cc4ccccc4c4ccccc34)cc2)c2cccc3c2sc2ccccc23)cc2ccccc2c1C=C. The Morgan fingerprint density at radius 2 is 0.981 bits per heavy atom. The molecule has 54 heavy (non-hydrogen) atoms. The van der Waals surface area contributed by atoms with Crippen LogP contribution in [0.2, 0.25) is 0 Å². The molecule has 9 aromatic carbocycles. The number of benzene rings is 9. The van der Waals surface area contributed by atoms with Crippen LogP contribution in [0.15, 0.2) is 189 Å². The van der Waals surface area contributed by atoms with Crippen molar-refractivity contribution in [2.75, 3.05) is 4.90 Å². The average Bonchev–Trinajstić information content (AvgIpc) is 3.63. The lowest BCUT2D eigenvalue weighted by molar-refractivity contribution is 1.30. The van der Waals surface area contributed by atoms with Crippen molar-refractivity contribution in [2.45, 2.75) is 0 Å². The van der Waals surface area contributed by atoms with Gasteiger partial charge in [-0.25, -0.2) is 0 Å². The molecule has 0 fully saturated rings. The molecule has 0 aliphatic rings. The second-order valence-electron chi connectivity index (χ2n) is 13.7. The molecule has 10 aromatic rings. The Kier molecular flexibility index (Phi) is 7.71. The minimum absolute atomic E-state index is 1.08. The second kappa shape index (κ2) is 13.0. The maximum Gasteiger partial charge on any atom is 0.0640 e. The molecule has 1 aromatic heterocycles. The third-order valence-corrected chi connectivity index (χ3v) is 12.0. The summed E-state index contributed by atoms with van der Waals surface area (Å²) in [6.45, 7) is 8.55. The minimum Gasteiger partial charge on any atom is -0.308 e. The van der Waals surface area contributed by atoms with Crippen molar-refractivity contribution in [2.24, 2.45) is 0 Å². The van der Waals surface area contributed by atoms with Crippen LogP contribution in [-0.2, 0) is 0 Å². The zero-order valence-electron chi connectivity index (χ0n) is 29.7. The first-order valence-electron chi connectivity index (χ1n) is 18.3. The van der Waals surface area contributed by atoms with Gasteiger partial charge in [0.25, 0.3) is 0 Å². The van der Waals surface area contributed by atoms with Crippen molar-refractivity contribution in [3.05, 3.63) is 200 Å². The van der Waals surface area contributed by atoms with Gasteiger partial charge in [0.1, 0.15) is 0 Å². The summed E-state index contributed by atoms with van der Waals surface area (Å²) in [5, 5.41) is 9.95. The summed E-state index contributed by atoms with van der Waals surface area (Å²) in [4.78, 5) is 2.45. The van der Waals surface area contributed by atoms with Crippen molar-refractivity contribution in [3.8, 4) is 22.3 Å². The van der Waals surface area contributed by atoms with Crippen LogP contribution in [0.5, 0.6) is 0 Å². The number of nitrogens with zero attached hydrogens (tertiary/aromatic N) is 1. The first-order valence-corrected chi connectivity index (χ1v) is 19.1. The standard InChI is InChI=1S/C52H35NS/c1-3-38-39(4-2)48(33-36-17-5-7-18-40(36)38)44-22-11-13-25-49(44)53(50-26-15-24-46-45-23-12-14-27-51(45)54-52(46)50)37-30-28-34(29-31-37)47-32-35-16-6-8-19-41(35)42-20-9-10-21-43(42)47/h3-33H,1-2H2. The van der Waals surface area contributed by atoms with Crippen LogP contribution < -0.4 is 4.90 Å². The predicted octanol–water partition coefficient (Wildman–Crippen LogP) is 15.6. The number of hydrogen-bond donors (Lipinski definition) is 0. The van der Waals surface area contributed by atoms with Gasteiger partial charge in [-0.05, 0) is 103 Å². The summed E-state index contributed by atoms with van der Waals surface area (Å²) in [5.74, 6) is 0. The van der Waals surface area contributed by atoms with E-state index >= 15 is 0 Å². The Morgan fingerprint density at radius 1 is 0.407 bits per heavy atom. The van der Waals surface area contributed by atoms with E-state index in [0.717, 1.165) is 39.3 Å². The van der Waals surface area contributed by atoms with Crippen LogP contribution in [0, 0.1) is 0 Å². The lowest BCUT2D eigenvalue weighted by Gasteiger charge is -2.29. The van der Waals surface area contributed by atoms with Gasteiger partial charge >= 0.3 is 0 Å². The molecule has 10 rings (SSSR count). The predicted molar refractivity (Wildman–Crippen MR) is 238 cm³/mol. The highest BCUT2D eigenvalue weighted by Crippen LogP contribution is 2.49. The summed E-state index contributed by atoms with van der Waals surface area (Å²) in [7, 11) is 0. The summed E-state index contributed by atoms with van der Waals surface area (Å²) >= 11 is 1.85. The molecule has 0 bridgehead atoms. The smallest absolute Gasteiger partial charge is 0.0640 e. The minimum atomic E-state index is 1.08. The fourth-order valence-electron chi connectivity index (χ4n) is 8.35. The highest BCUT2D eigenvalue weighted by atomic mass is 32.1. The topological polar surface area (TPSA) is 3.24 Å². The molecule has 0 N–H and O–H groups in total. The molecule has 254 valence electrons. The third kappa shape index (κ3) is 5.07. The van der Waals surface area contributed by atoms with Crippen molar-refractivity contribution in [1.29, 1.82) is 0 Å². The van der Waals surface area contributed by atoms with E-state index in [2.05, 4.69) is 194 Å². The Hall–Kier alpha value is -6.74. The monoisotopic (exact) mass is 705 g/mol. The fourth-order valence-corrected chi connectivity index (χ4v) is 9.56. The van der Waals surface area contributed by atoms with Crippen LogP contribution in [0.25, 0.3) is 86.9 Å². The molecule has 0 saturated carbocycles. The van der Waals surface area contributed by atoms with Crippen LogP contribution >= 0.6 is 11.3 Å². The van der Waals surface area contributed by atoms with E-state index in [4.69, 9.17) is 0 Å². The molecular formula is C52H35NS. The molecule has 0 radical (unpaired) electrons. The molecule has 0 atom stereocenters. The Labute approximate surface area is 319 Å². The summed E-state index contributed by atoms with van der Waals surface area (Å²) in [6, 6.07) is 64.0. The van der Waals surface area contributed by atoms with E-state index in [9.17, 15) is 0 Å². The van der Waals surface area contributed by atoms with Crippen LogP contribution in [-0.4, -0.2) is 0 Å². The zero-order chi connectivity index (χ0) is 36.2. The third-order valence-electron chi connectivity index (χ3n) is 10.8. The molecule has 0 amide bonds. The van der Waals surface area contributed by atoms with Crippen LogP contribution in [0.3, 0.4) is 0 Å². The number of fused-ring (bicyclic) bond motifs is 7. The van der Waals surface area contributed by atoms with Gasteiger partial charge < -0.3 is 4.90 Å². The highest BCUT2D eigenvalue weighted by Gasteiger charge is 2.23. The molecular weight excluding hydrogens is 671 g/mol. The number of hydrogen-bond acceptors (Lipinski definition) is 2. The van der Waals surface area contributed by atoms with Gasteiger partial charge in [0.15, 0.2) is 0 Å². The molecule has 0 aliphatic carbocycles. The molecule has 0 saturated heterocycles. The van der Waals surface area contributed by atoms with Crippen LogP contribution in [0.1, 0.15) is 11.1 Å². The highest BCUT2D eigenvalue weighted by molar-refractivity contribution is 7.26. The van der Waals surface area contributed by atoms with Crippen molar-refractivity contribution in [3.63, 3.8) is 0 Å². The van der Waals surface area contributed by atoms with Crippen molar-refractivity contribution in [1.82, 2.24) is 0 Å². The van der Waals surface area contributed by atoms with Gasteiger partial charge in [-0.15, -0.1) is 11.3 Å². The van der Waals surface area contributed by atoms with E-state index in [1.165, 1.54) is 63.6 Å². The summed E-state index contributed by atoms with van der Waals surface area (Å²) in [5.41, 5.74) is 10.2.